The van der Waals surface area contributed by atoms with E-state index in [0.717, 1.165) is 19.5 Å². The van der Waals surface area contributed by atoms with E-state index in [4.69, 9.17) is 0 Å². The van der Waals surface area contributed by atoms with Gasteiger partial charge < -0.3 is 9.88 Å². The summed E-state index contributed by atoms with van der Waals surface area (Å²) in [4.78, 5) is 4.49. The number of hydrogen-bond donors (Lipinski definition) is 1. The Bertz CT molecular complexity index is 415. The summed E-state index contributed by atoms with van der Waals surface area (Å²) in [6.45, 7) is 13.8. The van der Waals surface area contributed by atoms with Crippen LogP contribution in [0.3, 0.4) is 0 Å². The first-order chi connectivity index (χ1) is 9.31. The molecule has 0 radical (unpaired) electrons. The second kappa shape index (κ2) is 5.88. The summed E-state index contributed by atoms with van der Waals surface area (Å²) in [7, 11) is 0. The summed E-state index contributed by atoms with van der Waals surface area (Å²) >= 11 is 0. The number of nitrogens with zero attached hydrogens (tertiary/aromatic N) is 2. The summed E-state index contributed by atoms with van der Waals surface area (Å²) in [5.74, 6) is 1.17. The third-order valence-electron chi connectivity index (χ3n) is 4.37. The van der Waals surface area contributed by atoms with Crippen molar-refractivity contribution in [3.8, 4) is 0 Å². The largest absolute Gasteiger partial charge is 0.334 e. The number of aryl methyl sites for hydroxylation is 1. The molecule has 0 unspecified atom stereocenters. The molecule has 20 heavy (non-hydrogen) atoms. The fourth-order valence-electron chi connectivity index (χ4n) is 4.18. The van der Waals surface area contributed by atoms with Crippen LogP contribution in [0.15, 0.2) is 12.4 Å². The molecule has 1 saturated carbocycles. The highest BCUT2D eigenvalue weighted by Gasteiger charge is 2.38. The molecule has 0 saturated heterocycles. The van der Waals surface area contributed by atoms with Crippen LogP contribution in [0.4, 0.5) is 0 Å². The van der Waals surface area contributed by atoms with Crippen LogP contribution in [0.5, 0.6) is 0 Å². The Kier molecular flexibility index (Phi) is 4.58. The fourth-order valence-corrected chi connectivity index (χ4v) is 4.18. The second-order valence-corrected chi connectivity index (χ2v) is 8.03. The molecule has 3 heteroatoms. The molecule has 1 fully saturated rings. The summed E-state index contributed by atoms with van der Waals surface area (Å²) in [6.07, 6.45) is 9.03. The molecule has 2 rings (SSSR count). The van der Waals surface area contributed by atoms with E-state index in [2.05, 4.69) is 55.7 Å². The Hall–Kier alpha value is -0.830. The Morgan fingerprint density at radius 1 is 1.25 bits per heavy atom. The molecule has 0 amide bonds. The van der Waals surface area contributed by atoms with Gasteiger partial charge in [0.2, 0.25) is 0 Å². The van der Waals surface area contributed by atoms with E-state index in [1.165, 1.54) is 25.1 Å². The van der Waals surface area contributed by atoms with Gasteiger partial charge >= 0.3 is 0 Å². The first kappa shape index (κ1) is 15.6. The van der Waals surface area contributed by atoms with Gasteiger partial charge in [0.05, 0.1) is 6.54 Å². The maximum Gasteiger partial charge on any atom is 0.122 e. The fraction of sp³-hybridized carbons (Fsp3) is 0.824. The minimum atomic E-state index is 0.443. The summed E-state index contributed by atoms with van der Waals surface area (Å²) in [6, 6.07) is 0.612. The van der Waals surface area contributed by atoms with Gasteiger partial charge in [-0.2, -0.15) is 0 Å². The highest BCUT2D eigenvalue weighted by molar-refractivity contribution is 4.96. The number of aromatic nitrogens is 2. The lowest BCUT2D eigenvalue weighted by molar-refractivity contribution is 0.0840. The number of hydrogen-bond acceptors (Lipinski definition) is 2. The Morgan fingerprint density at radius 3 is 2.50 bits per heavy atom. The zero-order valence-corrected chi connectivity index (χ0v) is 13.9. The van der Waals surface area contributed by atoms with Crippen molar-refractivity contribution in [1.82, 2.24) is 14.9 Å². The van der Waals surface area contributed by atoms with E-state index in [0.29, 0.717) is 16.9 Å². The van der Waals surface area contributed by atoms with Crippen molar-refractivity contribution in [2.45, 2.75) is 79.4 Å². The van der Waals surface area contributed by atoms with Crippen LogP contribution >= 0.6 is 0 Å². The highest BCUT2D eigenvalue weighted by Crippen LogP contribution is 2.45. The molecular formula is C17H31N3. The normalized spacial score (nSPS) is 22.1. The molecule has 1 aliphatic carbocycles. The number of imidazole rings is 1. The van der Waals surface area contributed by atoms with Crippen molar-refractivity contribution in [1.29, 1.82) is 0 Å². The molecule has 1 heterocycles. The Balaban J connectivity index is 1.94. The minimum Gasteiger partial charge on any atom is -0.334 e. The van der Waals surface area contributed by atoms with E-state index >= 15 is 0 Å². The predicted octanol–water partition coefficient (Wildman–Crippen LogP) is 3.99. The van der Waals surface area contributed by atoms with Crippen LogP contribution in [0, 0.1) is 10.8 Å². The third-order valence-corrected chi connectivity index (χ3v) is 4.37. The second-order valence-electron chi connectivity index (χ2n) is 8.03. The molecule has 0 atom stereocenters. The minimum absolute atomic E-state index is 0.443. The Labute approximate surface area is 124 Å². The van der Waals surface area contributed by atoms with Gasteiger partial charge in [-0.25, -0.2) is 4.98 Å². The van der Waals surface area contributed by atoms with E-state index in [9.17, 15) is 0 Å². The van der Waals surface area contributed by atoms with Crippen LogP contribution < -0.4 is 5.32 Å². The van der Waals surface area contributed by atoms with Gasteiger partial charge in [-0.05, 0) is 36.5 Å². The smallest absolute Gasteiger partial charge is 0.122 e. The first-order valence-electron chi connectivity index (χ1n) is 8.05. The van der Waals surface area contributed by atoms with Crippen molar-refractivity contribution in [3.05, 3.63) is 18.2 Å². The standard InChI is InChI=1S/C17H31N3/c1-6-8-20-9-7-18-15(20)12-19-14-10-16(2,3)13-17(4,5)11-14/h7,9,14,19H,6,8,10-13H2,1-5H3. The van der Waals surface area contributed by atoms with Crippen LogP contribution in [0.1, 0.15) is 66.1 Å². The van der Waals surface area contributed by atoms with Gasteiger partial charge in [-0.1, -0.05) is 34.6 Å². The van der Waals surface area contributed by atoms with E-state index < -0.39 is 0 Å². The van der Waals surface area contributed by atoms with Crippen molar-refractivity contribution >= 4 is 0 Å². The number of nitrogens with one attached hydrogen (secondary N) is 1. The van der Waals surface area contributed by atoms with Gasteiger partial charge in [-0.15, -0.1) is 0 Å². The summed E-state index contributed by atoms with van der Waals surface area (Å²) < 4.78 is 2.27. The van der Waals surface area contributed by atoms with E-state index in [-0.39, 0.29) is 0 Å². The molecule has 0 bridgehead atoms. The van der Waals surface area contributed by atoms with Crippen molar-refractivity contribution in [3.63, 3.8) is 0 Å². The van der Waals surface area contributed by atoms with Crippen LogP contribution in [0.25, 0.3) is 0 Å². The molecule has 1 N–H and O–H groups in total. The predicted molar refractivity (Wildman–Crippen MR) is 84.6 cm³/mol. The molecule has 3 nitrogen and oxygen atoms in total. The molecule has 0 aromatic carbocycles. The maximum atomic E-state index is 4.49. The highest BCUT2D eigenvalue weighted by atomic mass is 15.1. The van der Waals surface area contributed by atoms with E-state index in [1.54, 1.807) is 0 Å². The monoisotopic (exact) mass is 277 g/mol. The molecule has 1 aliphatic rings. The topological polar surface area (TPSA) is 29.9 Å². The maximum absolute atomic E-state index is 4.49. The van der Waals surface area contributed by atoms with Gasteiger partial charge in [0.1, 0.15) is 5.82 Å². The number of rotatable bonds is 5. The van der Waals surface area contributed by atoms with Gasteiger partial charge in [0.25, 0.3) is 0 Å². The average Bonchev–Trinajstić information content (AvgIpc) is 2.70. The lowest BCUT2D eigenvalue weighted by atomic mass is 9.63. The lowest BCUT2D eigenvalue weighted by Gasteiger charge is -2.45. The van der Waals surface area contributed by atoms with Crippen LogP contribution in [-0.4, -0.2) is 15.6 Å². The quantitative estimate of drug-likeness (QED) is 0.882. The van der Waals surface area contributed by atoms with Gasteiger partial charge in [0.15, 0.2) is 0 Å². The van der Waals surface area contributed by atoms with Gasteiger partial charge in [-0.3, -0.25) is 0 Å². The van der Waals surface area contributed by atoms with Gasteiger partial charge in [0, 0.05) is 25.0 Å². The van der Waals surface area contributed by atoms with E-state index in [1.807, 2.05) is 6.20 Å². The zero-order valence-electron chi connectivity index (χ0n) is 13.9. The van der Waals surface area contributed by atoms with Crippen LogP contribution in [0.2, 0.25) is 0 Å². The first-order valence-corrected chi connectivity index (χ1v) is 8.05. The average molecular weight is 277 g/mol. The molecule has 1 aromatic heterocycles. The summed E-state index contributed by atoms with van der Waals surface area (Å²) in [5, 5.41) is 3.75. The molecule has 114 valence electrons. The molecule has 0 spiro atoms. The zero-order chi connectivity index (χ0) is 14.8. The third kappa shape index (κ3) is 4.08. The SMILES string of the molecule is CCCn1ccnc1CNC1CC(C)(C)CC(C)(C)C1. The molecular weight excluding hydrogens is 246 g/mol. The Morgan fingerprint density at radius 2 is 1.90 bits per heavy atom. The van der Waals surface area contributed by atoms with Crippen molar-refractivity contribution < 1.29 is 0 Å². The lowest BCUT2D eigenvalue weighted by Crippen LogP contribution is -2.43. The molecule has 0 aliphatic heterocycles. The van der Waals surface area contributed by atoms with Crippen LogP contribution in [-0.2, 0) is 13.1 Å². The molecule has 1 aromatic rings. The summed E-state index contributed by atoms with van der Waals surface area (Å²) in [5.41, 5.74) is 0.885. The van der Waals surface area contributed by atoms with Crippen molar-refractivity contribution in [2.75, 3.05) is 0 Å². The van der Waals surface area contributed by atoms with Crippen molar-refractivity contribution in [2.24, 2.45) is 10.8 Å².